The monoisotopic (exact) mass is 493 g/mol. The van der Waals surface area contributed by atoms with E-state index in [4.69, 9.17) is 16.3 Å². The molecule has 1 aliphatic carbocycles. The molecular formula is C25H24ClN5O2S. The Morgan fingerprint density at radius 2 is 1.94 bits per heavy atom. The van der Waals surface area contributed by atoms with Crippen LogP contribution < -0.4 is 4.74 Å². The molecule has 3 aromatic heterocycles. The maximum atomic E-state index is 13.1. The molecule has 3 heterocycles. The molecule has 0 radical (unpaired) electrons. The smallest absolute Gasteiger partial charge is 0.192 e. The van der Waals surface area contributed by atoms with Gasteiger partial charge >= 0.3 is 0 Å². The molecule has 4 aromatic rings. The summed E-state index contributed by atoms with van der Waals surface area (Å²) >= 11 is 7.62. The van der Waals surface area contributed by atoms with Crippen LogP contribution in [0.3, 0.4) is 0 Å². The second kappa shape index (κ2) is 9.64. The Bertz CT molecular complexity index is 1330. The fraction of sp³-hybridized carbons (Fsp3) is 0.280. The van der Waals surface area contributed by atoms with Crippen molar-refractivity contribution in [1.29, 1.82) is 0 Å². The van der Waals surface area contributed by atoms with E-state index >= 15 is 0 Å². The molecule has 0 saturated heterocycles. The van der Waals surface area contributed by atoms with Gasteiger partial charge in [-0.05, 0) is 57.0 Å². The summed E-state index contributed by atoms with van der Waals surface area (Å²) in [6.07, 6.45) is 3.90. The zero-order valence-electron chi connectivity index (χ0n) is 18.9. The van der Waals surface area contributed by atoms with Crippen LogP contribution in [0.25, 0.3) is 5.82 Å². The molecule has 34 heavy (non-hydrogen) atoms. The summed E-state index contributed by atoms with van der Waals surface area (Å²) in [4.78, 5) is 17.6. The molecule has 1 fully saturated rings. The molecule has 0 aliphatic heterocycles. The van der Waals surface area contributed by atoms with Gasteiger partial charge in [0.25, 0.3) is 0 Å². The highest BCUT2D eigenvalue weighted by Gasteiger charge is 2.30. The average molecular weight is 494 g/mol. The molecule has 9 heteroatoms. The number of para-hydroxylation sites is 1. The predicted octanol–water partition coefficient (Wildman–Crippen LogP) is 5.62. The Kier molecular flexibility index (Phi) is 6.43. The number of hydrogen-bond donors (Lipinski definition) is 0. The quantitative estimate of drug-likeness (QED) is 0.222. The molecule has 7 nitrogen and oxygen atoms in total. The minimum absolute atomic E-state index is 0.0551. The van der Waals surface area contributed by atoms with Crippen LogP contribution in [0.15, 0.2) is 59.9 Å². The lowest BCUT2D eigenvalue weighted by molar-refractivity contribution is 0.102. The molecular weight excluding hydrogens is 470 g/mol. The predicted molar refractivity (Wildman–Crippen MR) is 132 cm³/mol. The van der Waals surface area contributed by atoms with Crippen molar-refractivity contribution < 1.29 is 9.53 Å². The maximum absolute atomic E-state index is 13.1. The second-order valence-corrected chi connectivity index (χ2v) is 9.59. The Balaban J connectivity index is 1.30. The maximum Gasteiger partial charge on any atom is 0.192 e. The van der Waals surface area contributed by atoms with Crippen LogP contribution in [0, 0.1) is 13.8 Å². The highest BCUT2D eigenvalue weighted by Crippen LogP contribution is 2.39. The molecule has 0 spiro atoms. The Morgan fingerprint density at radius 3 is 2.68 bits per heavy atom. The van der Waals surface area contributed by atoms with Gasteiger partial charge in [-0.2, -0.15) is 0 Å². The van der Waals surface area contributed by atoms with Crippen LogP contribution in [0.4, 0.5) is 0 Å². The molecule has 0 N–H and O–H groups in total. The van der Waals surface area contributed by atoms with E-state index in [1.54, 1.807) is 12.3 Å². The molecule has 0 amide bonds. The van der Waals surface area contributed by atoms with Crippen molar-refractivity contribution in [2.75, 3.05) is 5.75 Å². The van der Waals surface area contributed by atoms with E-state index in [2.05, 4.69) is 19.7 Å². The summed E-state index contributed by atoms with van der Waals surface area (Å²) in [7, 11) is 0. The summed E-state index contributed by atoms with van der Waals surface area (Å²) in [6, 6.07) is 15.4. The number of rotatable bonds is 9. The van der Waals surface area contributed by atoms with Gasteiger partial charge in [-0.25, -0.2) is 4.98 Å². The van der Waals surface area contributed by atoms with Crippen molar-refractivity contribution in [2.24, 2.45) is 0 Å². The van der Waals surface area contributed by atoms with Crippen LogP contribution in [0.1, 0.15) is 46.5 Å². The van der Waals surface area contributed by atoms with Gasteiger partial charge in [0.05, 0.1) is 10.8 Å². The fourth-order valence-corrected chi connectivity index (χ4v) is 5.10. The lowest BCUT2D eigenvalue weighted by Crippen LogP contribution is -2.09. The van der Waals surface area contributed by atoms with Gasteiger partial charge in [0.15, 0.2) is 16.8 Å². The van der Waals surface area contributed by atoms with Crippen LogP contribution in [-0.4, -0.2) is 35.9 Å². The third kappa shape index (κ3) is 4.60. The number of nitrogens with zero attached hydrogens (tertiary/aromatic N) is 5. The van der Waals surface area contributed by atoms with E-state index in [-0.39, 0.29) is 18.1 Å². The first kappa shape index (κ1) is 22.7. The molecule has 1 aromatic carbocycles. The van der Waals surface area contributed by atoms with Gasteiger partial charge in [-0.1, -0.05) is 41.6 Å². The van der Waals surface area contributed by atoms with Crippen LogP contribution in [0.5, 0.6) is 5.75 Å². The van der Waals surface area contributed by atoms with Crippen molar-refractivity contribution in [3.8, 4) is 11.6 Å². The SMILES string of the molecule is Cc1cc(C(=O)CSc2nnc(COc3ccccc3Cl)n2C2CC2)c(C)n1-c1ccccn1. The third-order valence-corrected chi connectivity index (χ3v) is 7.04. The van der Waals surface area contributed by atoms with Gasteiger partial charge in [0.2, 0.25) is 0 Å². The van der Waals surface area contributed by atoms with E-state index < -0.39 is 0 Å². The highest BCUT2D eigenvalue weighted by molar-refractivity contribution is 7.99. The Morgan fingerprint density at radius 1 is 1.15 bits per heavy atom. The zero-order chi connectivity index (χ0) is 23.7. The number of carbonyl (C=O) groups excluding carboxylic acids is 1. The minimum Gasteiger partial charge on any atom is -0.484 e. The van der Waals surface area contributed by atoms with E-state index in [9.17, 15) is 4.79 Å². The second-order valence-electron chi connectivity index (χ2n) is 8.24. The first-order valence-electron chi connectivity index (χ1n) is 11.1. The fourth-order valence-electron chi connectivity index (χ4n) is 4.00. The van der Waals surface area contributed by atoms with E-state index in [0.717, 1.165) is 41.0 Å². The van der Waals surface area contributed by atoms with Crippen molar-refractivity contribution in [2.45, 2.75) is 44.5 Å². The van der Waals surface area contributed by atoms with Crippen LogP contribution in [0.2, 0.25) is 5.02 Å². The summed E-state index contributed by atoms with van der Waals surface area (Å²) in [5, 5.41) is 10.0. The average Bonchev–Trinajstić information content (AvgIpc) is 3.53. The number of aryl methyl sites for hydroxylation is 1. The number of thioether (sulfide) groups is 1. The van der Waals surface area contributed by atoms with Gasteiger partial charge in [0, 0.05) is 29.2 Å². The summed E-state index contributed by atoms with van der Waals surface area (Å²) in [5.41, 5.74) is 2.57. The molecule has 0 atom stereocenters. The van der Waals surface area contributed by atoms with Gasteiger partial charge in [-0.15, -0.1) is 10.2 Å². The topological polar surface area (TPSA) is 74.8 Å². The Labute approximate surface area is 207 Å². The molecule has 1 aliphatic rings. The number of carbonyl (C=O) groups is 1. The third-order valence-electron chi connectivity index (χ3n) is 5.78. The molecule has 0 unspecified atom stereocenters. The lowest BCUT2D eigenvalue weighted by atomic mass is 10.2. The standard InChI is InChI=1S/C25H24ClN5O2S/c1-16-13-19(17(2)30(16)23-9-5-6-12-27-23)21(32)15-34-25-29-28-24(31(25)18-10-11-18)14-33-22-8-4-3-7-20(22)26/h3-9,12-13,18H,10-11,14-15H2,1-2H3. The largest absolute Gasteiger partial charge is 0.484 e. The summed E-state index contributed by atoms with van der Waals surface area (Å²) in [5.74, 6) is 2.50. The van der Waals surface area contributed by atoms with Crippen molar-refractivity contribution in [3.63, 3.8) is 0 Å². The number of aromatic nitrogens is 5. The highest BCUT2D eigenvalue weighted by atomic mass is 35.5. The van der Waals surface area contributed by atoms with E-state index in [1.807, 2.05) is 60.9 Å². The minimum atomic E-state index is 0.0551. The van der Waals surface area contributed by atoms with Crippen molar-refractivity contribution >= 4 is 29.1 Å². The number of halogens is 1. The number of Topliss-reactive ketones (excluding diaryl/α,β-unsaturated/α-hetero) is 1. The number of ether oxygens (including phenoxy) is 1. The number of hydrogen-bond acceptors (Lipinski definition) is 6. The zero-order valence-corrected chi connectivity index (χ0v) is 20.5. The molecule has 174 valence electrons. The Hall–Kier alpha value is -3.10. The van der Waals surface area contributed by atoms with Gasteiger partial charge < -0.3 is 9.30 Å². The van der Waals surface area contributed by atoms with Crippen molar-refractivity contribution in [1.82, 2.24) is 24.3 Å². The van der Waals surface area contributed by atoms with Gasteiger partial charge in [-0.3, -0.25) is 9.36 Å². The van der Waals surface area contributed by atoms with Gasteiger partial charge in [0.1, 0.15) is 18.2 Å². The summed E-state index contributed by atoms with van der Waals surface area (Å²) < 4.78 is 10.00. The lowest BCUT2D eigenvalue weighted by Gasteiger charge is -2.11. The normalized spacial score (nSPS) is 13.3. The molecule has 1 saturated carbocycles. The number of ketones is 1. The van der Waals surface area contributed by atoms with Crippen LogP contribution in [-0.2, 0) is 6.61 Å². The first-order chi connectivity index (χ1) is 16.5. The number of pyridine rings is 1. The van der Waals surface area contributed by atoms with Crippen LogP contribution >= 0.6 is 23.4 Å². The van der Waals surface area contributed by atoms with Crippen molar-refractivity contribution in [3.05, 3.63) is 82.5 Å². The number of benzene rings is 1. The van der Waals surface area contributed by atoms with E-state index in [0.29, 0.717) is 22.4 Å². The molecule has 5 rings (SSSR count). The first-order valence-corrected chi connectivity index (χ1v) is 12.5. The summed E-state index contributed by atoms with van der Waals surface area (Å²) in [6.45, 7) is 4.21. The van der Waals surface area contributed by atoms with E-state index in [1.165, 1.54) is 11.8 Å². The molecule has 0 bridgehead atoms.